The second kappa shape index (κ2) is 9.60. The third-order valence-corrected chi connectivity index (χ3v) is 6.94. The lowest BCUT2D eigenvalue weighted by Crippen LogP contribution is -2.29. The van der Waals surface area contributed by atoms with E-state index in [0.29, 0.717) is 22.3 Å². The zero-order chi connectivity index (χ0) is 23.4. The minimum Gasteiger partial charge on any atom is -0.345 e. The van der Waals surface area contributed by atoms with Gasteiger partial charge in [-0.2, -0.15) is 0 Å². The van der Waals surface area contributed by atoms with Gasteiger partial charge < -0.3 is 5.32 Å². The fraction of sp³-hybridized carbons (Fsp3) is 0.120. The van der Waals surface area contributed by atoms with Crippen LogP contribution < -0.4 is 10.0 Å². The van der Waals surface area contributed by atoms with Crippen LogP contribution in [0.4, 0.5) is 5.69 Å². The van der Waals surface area contributed by atoms with Gasteiger partial charge in [0, 0.05) is 16.6 Å². The SMILES string of the molecule is CCC(NC(=O)c1ccccc1NS(=O)(=O)c1cccc2cccnc12)c1ccc(Cl)cc1. The van der Waals surface area contributed by atoms with E-state index in [-0.39, 0.29) is 28.1 Å². The molecule has 1 aromatic heterocycles. The Bertz CT molecular complexity index is 1400. The van der Waals surface area contributed by atoms with E-state index in [2.05, 4.69) is 15.0 Å². The number of benzene rings is 3. The maximum Gasteiger partial charge on any atom is 0.264 e. The zero-order valence-electron chi connectivity index (χ0n) is 17.8. The molecule has 1 amide bonds. The van der Waals surface area contributed by atoms with Crippen molar-refractivity contribution in [3.63, 3.8) is 0 Å². The van der Waals surface area contributed by atoms with E-state index in [1.165, 1.54) is 6.07 Å². The van der Waals surface area contributed by atoms with Gasteiger partial charge in [-0.15, -0.1) is 0 Å². The molecule has 1 atom stereocenters. The Hall–Kier alpha value is -3.42. The molecular formula is C25H22ClN3O3S. The van der Waals surface area contributed by atoms with Gasteiger partial charge in [-0.1, -0.05) is 61.0 Å². The van der Waals surface area contributed by atoms with Gasteiger partial charge >= 0.3 is 0 Å². The van der Waals surface area contributed by atoms with Gasteiger partial charge in [0.25, 0.3) is 15.9 Å². The number of fused-ring (bicyclic) bond motifs is 1. The molecule has 2 N–H and O–H groups in total. The molecule has 0 fully saturated rings. The van der Waals surface area contributed by atoms with E-state index in [4.69, 9.17) is 11.6 Å². The predicted octanol–water partition coefficient (Wildman–Crippen LogP) is 5.57. The number of aromatic nitrogens is 1. The summed E-state index contributed by atoms with van der Waals surface area (Å²) < 4.78 is 29.0. The van der Waals surface area contributed by atoms with Crippen LogP contribution in [-0.2, 0) is 10.0 Å². The molecule has 0 saturated carbocycles. The molecule has 3 aromatic carbocycles. The standard InChI is InChI=1S/C25H22ClN3O3S/c1-2-21(17-12-14-19(26)15-13-17)28-25(30)20-9-3-4-10-22(20)29-33(31,32)23-11-5-7-18-8-6-16-27-24(18)23/h3-16,21,29H,2H2,1H3,(H,28,30). The van der Waals surface area contributed by atoms with Gasteiger partial charge in [0.1, 0.15) is 4.90 Å². The molecule has 0 radical (unpaired) electrons. The van der Waals surface area contributed by atoms with Crippen LogP contribution in [0.25, 0.3) is 10.9 Å². The van der Waals surface area contributed by atoms with Crippen LogP contribution in [0.5, 0.6) is 0 Å². The first-order valence-electron chi connectivity index (χ1n) is 10.4. The summed E-state index contributed by atoms with van der Waals surface area (Å²) in [5, 5.41) is 4.31. The molecule has 33 heavy (non-hydrogen) atoms. The summed E-state index contributed by atoms with van der Waals surface area (Å²) in [6, 6.07) is 22.0. The van der Waals surface area contributed by atoms with Gasteiger partial charge in [-0.25, -0.2) is 8.42 Å². The van der Waals surface area contributed by atoms with Crippen LogP contribution >= 0.6 is 11.6 Å². The molecule has 0 aliphatic rings. The molecule has 1 heterocycles. The number of rotatable bonds is 7. The lowest BCUT2D eigenvalue weighted by atomic mass is 10.0. The van der Waals surface area contributed by atoms with Gasteiger partial charge in [-0.3, -0.25) is 14.5 Å². The van der Waals surface area contributed by atoms with Crippen molar-refractivity contribution >= 4 is 44.1 Å². The lowest BCUT2D eigenvalue weighted by molar-refractivity contribution is 0.0936. The fourth-order valence-corrected chi connectivity index (χ4v) is 5.00. The van der Waals surface area contributed by atoms with E-state index in [1.807, 2.05) is 19.1 Å². The average Bonchev–Trinajstić information content (AvgIpc) is 2.82. The molecule has 4 rings (SSSR count). The largest absolute Gasteiger partial charge is 0.345 e. The quantitative estimate of drug-likeness (QED) is 0.362. The maximum absolute atomic E-state index is 13.2. The number of sulfonamides is 1. The van der Waals surface area contributed by atoms with Crippen LogP contribution in [0, 0.1) is 0 Å². The first kappa shape index (κ1) is 22.8. The first-order chi connectivity index (χ1) is 15.9. The molecule has 0 spiro atoms. The number of nitrogens with zero attached hydrogens (tertiary/aromatic N) is 1. The molecule has 168 valence electrons. The fourth-order valence-electron chi connectivity index (χ4n) is 3.62. The van der Waals surface area contributed by atoms with Crippen molar-refractivity contribution in [1.29, 1.82) is 0 Å². The minimum atomic E-state index is -3.99. The van der Waals surface area contributed by atoms with Gasteiger partial charge in [-0.05, 0) is 48.4 Å². The Kier molecular flexibility index (Phi) is 6.62. The van der Waals surface area contributed by atoms with E-state index in [1.54, 1.807) is 66.9 Å². The number of carbonyl (C=O) groups is 1. The molecule has 0 bridgehead atoms. The van der Waals surface area contributed by atoms with Crippen LogP contribution in [0.1, 0.15) is 35.3 Å². The molecule has 8 heteroatoms. The van der Waals surface area contributed by atoms with E-state index >= 15 is 0 Å². The van der Waals surface area contributed by atoms with Crippen molar-refractivity contribution in [3.8, 4) is 0 Å². The van der Waals surface area contributed by atoms with Crippen molar-refractivity contribution in [3.05, 3.63) is 101 Å². The van der Waals surface area contributed by atoms with Gasteiger partial charge in [0.15, 0.2) is 0 Å². The molecule has 0 aliphatic heterocycles. The minimum absolute atomic E-state index is 0.0448. The number of halogens is 1. The number of anilines is 1. The van der Waals surface area contributed by atoms with E-state index in [0.717, 1.165) is 5.56 Å². The van der Waals surface area contributed by atoms with Crippen LogP contribution in [-0.4, -0.2) is 19.3 Å². The van der Waals surface area contributed by atoms with Crippen molar-refractivity contribution < 1.29 is 13.2 Å². The highest BCUT2D eigenvalue weighted by molar-refractivity contribution is 7.93. The number of carbonyl (C=O) groups excluding carboxylic acids is 1. The molecule has 6 nitrogen and oxygen atoms in total. The number of pyridine rings is 1. The summed E-state index contributed by atoms with van der Waals surface area (Å²) in [5.41, 5.74) is 1.69. The second-order valence-electron chi connectivity index (χ2n) is 7.47. The topological polar surface area (TPSA) is 88.2 Å². The third-order valence-electron chi connectivity index (χ3n) is 5.29. The Morgan fingerprint density at radius 1 is 0.970 bits per heavy atom. The predicted molar refractivity (Wildman–Crippen MR) is 131 cm³/mol. The summed E-state index contributed by atoms with van der Waals surface area (Å²) in [5.74, 6) is -0.383. The van der Waals surface area contributed by atoms with Crippen LogP contribution in [0.3, 0.4) is 0 Å². The Morgan fingerprint density at radius 3 is 2.45 bits per heavy atom. The highest BCUT2D eigenvalue weighted by atomic mass is 35.5. The Balaban J connectivity index is 1.63. The summed E-state index contributed by atoms with van der Waals surface area (Å²) in [6.45, 7) is 1.96. The third kappa shape index (κ3) is 4.99. The number of hydrogen-bond acceptors (Lipinski definition) is 4. The monoisotopic (exact) mass is 479 g/mol. The lowest BCUT2D eigenvalue weighted by Gasteiger charge is -2.19. The Labute approximate surface area is 197 Å². The summed E-state index contributed by atoms with van der Waals surface area (Å²) >= 11 is 5.97. The second-order valence-corrected chi connectivity index (χ2v) is 9.56. The van der Waals surface area contributed by atoms with Crippen molar-refractivity contribution in [2.24, 2.45) is 0 Å². The smallest absolute Gasteiger partial charge is 0.264 e. The maximum atomic E-state index is 13.2. The van der Waals surface area contributed by atoms with Crippen LogP contribution in [0.15, 0.2) is 90.0 Å². The van der Waals surface area contributed by atoms with Gasteiger partial charge in [0.05, 0.1) is 22.8 Å². The van der Waals surface area contributed by atoms with Gasteiger partial charge in [0.2, 0.25) is 0 Å². The highest BCUT2D eigenvalue weighted by Crippen LogP contribution is 2.26. The highest BCUT2D eigenvalue weighted by Gasteiger charge is 2.22. The number of para-hydroxylation sites is 2. The molecule has 0 aliphatic carbocycles. The summed E-state index contributed by atoms with van der Waals surface area (Å²) in [7, 11) is -3.99. The number of nitrogens with one attached hydrogen (secondary N) is 2. The molecule has 0 saturated heterocycles. The number of amides is 1. The normalized spacial score (nSPS) is 12.3. The zero-order valence-corrected chi connectivity index (χ0v) is 19.4. The van der Waals surface area contributed by atoms with Crippen molar-refractivity contribution in [1.82, 2.24) is 10.3 Å². The molecular weight excluding hydrogens is 458 g/mol. The first-order valence-corrected chi connectivity index (χ1v) is 12.3. The van der Waals surface area contributed by atoms with Crippen LogP contribution in [0.2, 0.25) is 5.02 Å². The van der Waals surface area contributed by atoms with E-state index in [9.17, 15) is 13.2 Å². The summed E-state index contributed by atoms with van der Waals surface area (Å²) in [6.07, 6.45) is 2.20. The van der Waals surface area contributed by atoms with Crippen molar-refractivity contribution in [2.45, 2.75) is 24.3 Å². The summed E-state index contributed by atoms with van der Waals surface area (Å²) in [4.78, 5) is 17.4. The molecule has 1 unspecified atom stereocenters. The van der Waals surface area contributed by atoms with E-state index < -0.39 is 10.0 Å². The Morgan fingerprint density at radius 2 is 1.70 bits per heavy atom. The average molecular weight is 480 g/mol. The number of hydrogen-bond donors (Lipinski definition) is 2. The molecule has 4 aromatic rings. The van der Waals surface area contributed by atoms with Crippen molar-refractivity contribution in [2.75, 3.05) is 4.72 Å².